The van der Waals surface area contributed by atoms with Gasteiger partial charge in [0.15, 0.2) is 11.6 Å². The molecule has 3 rings (SSSR count). The van der Waals surface area contributed by atoms with Gasteiger partial charge in [-0.2, -0.15) is 0 Å². The van der Waals surface area contributed by atoms with Crippen LogP contribution in [0.15, 0.2) is 24.3 Å². The molecule has 0 aliphatic carbocycles. The van der Waals surface area contributed by atoms with E-state index in [2.05, 4.69) is 38.1 Å². The third-order valence-electron chi connectivity index (χ3n) is 5.56. The number of hydrogen-bond donors (Lipinski definition) is 3. The van der Waals surface area contributed by atoms with E-state index in [0.29, 0.717) is 24.7 Å². The molecule has 1 aliphatic rings. The van der Waals surface area contributed by atoms with Gasteiger partial charge in [-0.25, -0.2) is 13.6 Å². The lowest BCUT2D eigenvalue weighted by Crippen LogP contribution is -2.32. The first-order valence-corrected chi connectivity index (χ1v) is 11.0. The second-order valence-electron chi connectivity index (χ2n) is 7.69. The van der Waals surface area contributed by atoms with Crippen LogP contribution in [0.2, 0.25) is 0 Å². The lowest BCUT2D eigenvalue weighted by Gasteiger charge is -2.19. The average molecular weight is 543 g/mol. The summed E-state index contributed by atoms with van der Waals surface area (Å²) in [6.45, 7) is 3.05. The lowest BCUT2D eigenvalue weighted by atomic mass is 10.0. The molecule has 9 heteroatoms. The Bertz CT molecular complexity index is 1020. The Kier molecular flexibility index (Phi) is 7.47. The zero-order chi connectivity index (χ0) is 22.7. The van der Waals surface area contributed by atoms with E-state index in [4.69, 9.17) is 0 Å². The fraction of sp³-hybridized carbons (Fsp3) is 0.364. The molecule has 2 aromatic rings. The Hall–Kier alpha value is -2.27. The molecular formula is C22H24F2IN3O3. The molecule has 1 aliphatic heterocycles. The molecule has 0 aromatic heterocycles. The van der Waals surface area contributed by atoms with Gasteiger partial charge in [-0.3, -0.25) is 4.79 Å². The number of aromatic carboxylic acids is 1. The van der Waals surface area contributed by atoms with Crippen LogP contribution in [0.1, 0.15) is 45.5 Å². The molecule has 31 heavy (non-hydrogen) atoms. The SMILES string of the molecule is Cc1cc(I)ccc1Nc1c(C(=O)O)cc(C(=O)NCCC2CCCN2C)c(F)c1F. The number of carboxylic acids is 1. The molecule has 1 heterocycles. The first-order chi connectivity index (χ1) is 14.7. The van der Waals surface area contributed by atoms with Crippen LogP contribution in [-0.2, 0) is 0 Å². The van der Waals surface area contributed by atoms with E-state index in [1.807, 2.05) is 13.1 Å². The molecule has 6 nitrogen and oxygen atoms in total. The van der Waals surface area contributed by atoms with Crippen molar-refractivity contribution in [3.8, 4) is 0 Å². The van der Waals surface area contributed by atoms with Gasteiger partial charge >= 0.3 is 5.97 Å². The molecular weight excluding hydrogens is 519 g/mol. The highest BCUT2D eigenvalue weighted by atomic mass is 127. The number of halogens is 3. The highest BCUT2D eigenvalue weighted by Gasteiger charge is 2.26. The van der Waals surface area contributed by atoms with Crippen molar-refractivity contribution >= 4 is 45.8 Å². The minimum absolute atomic E-state index is 0.291. The van der Waals surface area contributed by atoms with Gasteiger partial charge < -0.3 is 20.6 Å². The van der Waals surface area contributed by atoms with Gasteiger partial charge in [0.25, 0.3) is 5.91 Å². The summed E-state index contributed by atoms with van der Waals surface area (Å²) in [6, 6.07) is 6.44. The minimum Gasteiger partial charge on any atom is -0.478 e. The molecule has 0 spiro atoms. The standard InChI is InChI=1S/C22H24F2IN3O3/c1-12-10-13(25)5-6-17(12)27-20-16(22(30)31)11-15(18(23)19(20)24)21(29)26-8-7-14-4-3-9-28(14)2/h5-6,10-11,14,27H,3-4,7-9H2,1-2H3,(H,26,29)(H,30,31). The van der Waals surface area contributed by atoms with Crippen LogP contribution in [-0.4, -0.2) is 48.1 Å². The number of benzene rings is 2. The maximum absolute atomic E-state index is 14.9. The largest absolute Gasteiger partial charge is 0.478 e. The fourth-order valence-electron chi connectivity index (χ4n) is 3.78. The van der Waals surface area contributed by atoms with E-state index in [1.54, 1.807) is 19.1 Å². The summed E-state index contributed by atoms with van der Waals surface area (Å²) in [6.07, 6.45) is 2.80. The van der Waals surface area contributed by atoms with Gasteiger partial charge in [-0.1, -0.05) is 0 Å². The minimum atomic E-state index is -1.47. The highest BCUT2D eigenvalue weighted by molar-refractivity contribution is 14.1. The van der Waals surface area contributed by atoms with Crippen molar-refractivity contribution in [1.82, 2.24) is 10.2 Å². The van der Waals surface area contributed by atoms with Gasteiger partial charge in [0.2, 0.25) is 0 Å². The van der Waals surface area contributed by atoms with Crippen molar-refractivity contribution in [2.24, 2.45) is 0 Å². The van der Waals surface area contributed by atoms with Gasteiger partial charge in [-0.15, -0.1) is 0 Å². The number of nitrogens with one attached hydrogen (secondary N) is 2. The predicted molar refractivity (Wildman–Crippen MR) is 123 cm³/mol. The van der Waals surface area contributed by atoms with Crippen LogP contribution in [0.5, 0.6) is 0 Å². The van der Waals surface area contributed by atoms with E-state index >= 15 is 0 Å². The number of hydrogen-bond acceptors (Lipinski definition) is 4. The highest BCUT2D eigenvalue weighted by Crippen LogP contribution is 2.31. The summed E-state index contributed by atoms with van der Waals surface area (Å²) in [5, 5.41) is 14.8. The number of carbonyl (C=O) groups is 2. The number of nitrogens with zero attached hydrogens (tertiary/aromatic N) is 1. The van der Waals surface area contributed by atoms with Crippen LogP contribution in [0.4, 0.5) is 20.2 Å². The van der Waals surface area contributed by atoms with Crippen LogP contribution >= 0.6 is 22.6 Å². The Morgan fingerprint density at radius 2 is 1.97 bits per heavy atom. The van der Waals surface area contributed by atoms with Gasteiger partial charge in [-0.05, 0) is 92.2 Å². The molecule has 1 atom stereocenters. The summed E-state index contributed by atoms with van der Waals surface area (Å²) in [5.74, 6) is -5.09. The van der Waals surface area contributed by atoms with Gasteiger partial charge in [0.1, 0.15) is 0 Å². The van der Waals surface area contributed by atoms with Crippen molar-refractivity contribution in [2.75, 3.05) is 25.5 Å². The van der Waals surface area contributed by atoms with Crippen LogP contribution < -0.4 is 10.6 Å². The third kappa shape index (κ3) is 5.32. The first kappa shape index (κ1) is 23.4. The van der Waals surface area contributed by atoms with E-state index in [1.165, 1.54) is 0 Å². The Balaban J connectivity index is 1.84. The average Bonchev–Trinajstić information content (AvgIpc) is 3.11. The molecule has 1 fully saturated rings. The Morgan fingerprint density at radius 1 is 1.23 bits per heavy atom. The maximum atomic E-state index is 14.9. The van der Waals surface area contributed by atoms with Crippen molar-refractivity contribution < 1.29 is 23.5 Å². The number of rotatable bonds is 7. The number of anilines is 2. The molecule has 0 bridgehead atoms. The number of carboxylic acid groups (broad SMARTS) is 1. The smallest absolute Gasteiger partial charge is 0.337 e. The van der Waals surface area contributed by atoms with E-state index in [0.717, 1.165) is 34.6 Å². The monoisotopic (exact) mass is 543 g/mol. The van der Waals surface area contributed by atoms with Crippen LogP contribution in [0.3, 0.4) is 0 Å². The van der Waals surface area contributed by atoms with E-state index in [-0.39, 0.29) is 0 Å². The quantitative estimate of drug-likeness (QED) is 0.448. The second kappa shape index (κ2) is 9.90. The Labute approximate surface area is 193 Å². The number of aryl methyl sites for hydroxylation is 1. The molecule has 1 saturated heterocycles. The van der Waals surface area contributed by atoms with Crippen LogP contribution in [0.25, 0.3) is 0 Å². The second-order valence-corrected chi connectivity index (χ2v) is 8.93. The van der Waals surface area contributed by atoms with Gasteiger partial charge in [0, 0.05) is 21.8 Å². The molecule has 3 N–H and O–H groups in total. The zero-order valence-corrected chi connectivity index (χ0v) is 19.4. The van der Waals surface area contributed by atoms with Crippen LogP contribution in [0, 0.1) is 22.1 Å². The molecule has 166 valence electrons. The van der Waals surface area contributed by atoms with Crippen molar-refractivity contribution in [1.29, 1.82) is 0 Å². The van der Waals surface area contributed by atoms with E-state index < -0.39 is 40.3 Å². The molecule has 1 amide bonds. The first-order valence-electron chi connectivity index (χ1n) is 9.96. The molecule has 0 radical (unpaired) electrons. The Morgan fingerprint density at radius 3 is 2.58 bits per heavy atom. The fourth-order valence-corrected chi connectivity index (χ4v) is 4.42. The normalized spacial score (nSPS) is 16.4. The summed E-state index contributed by atoms with van der Waals surface area (Å²) >= 11 is 2.11. The van der Waals surface area contributed by atoms with Crippen molar-refractivity contribution in [3.05, 3.63) is 56.2 Å². The van der Waals surface area contributed by atoms with Crippen molar-refractivity contribution in [3.63, 3.8) is 0 Å². The summed E-state index contributed by atoms with van der Waals surface area (Å²) in [4.78, 5) is 26.4. The lowest BCUT2D eigenvalue weighted by molar-refractivity contribution is 0.0697. The maximum Gasteiger partial charge on any atom is 0.337 e. The number of carbonyl (C=O) groups excluding carboxylic acids is 1. The molecule has 2 aromatic carbocycles. The number of amides is 1. The summed E-state index contributed by atoms with van der Waals surface area (Å²) < 4.78 is 30.6. The van der Waals surface area contributed by atoms with Gasteiger partial charge in [0.05, 0.1) is 16.8 Å². The predicted octanol–water partition coefficient (Wildman–Crippen LogP) is 4.53. The summed E-state index contributed by atoms with van der Waals surface area (Å²) in [7, 11) is 2.01. The topological polar surface area (TPSA) is 81.7 Å². The van der Waals surface area contributed by atoms with Crippen molar-refractivity contribution in [2.45, 2.75) is 32.2 Å². The molecule has 1 unspecified atom stereocenters. The van der Waals surface area contributed by atoms with E-state index in [9.17, 15) is 23.5 Å². The molecule has 0 saturated carbocycles. The third-order valence-corrected chi connectivity index (χ3v) is 6.24. The zero-order valence-electron chi connectivity index (χ0n) is 17.3. The summed E-state index contributed by atoms with van der Waals surface area (Å²) in [5.41, 5.74) is -0.476. The number of likely N-dealkylation sites (tertiary alicyclic amines) is 1.